The van der Waals surface area contributed by atoms with Crippen molar-refractivity contribution in [2.24, 2.45) is 5.92 Å². The maximum Gasteiger partial charge on any atom is 0.141 e. The second kappa shape index (κ2) is 5.94. The Balaban J connectivity index is 2.22. The van der Waals surface area contributed by atoms with Crippen LogP contribution in [0.25, 0.3) is 0 Å². The van der Waals surface area contributed by atoms with Crippen LogP contribution in [0.2, 0.25) is 0 Å². The van der Waals surface area contributed by atoms with Gasteiger partial charge in [-0.3, -0.25) is 0 Å². The van der Waals surface area contributed by atoms with Gasteiger partial charge in [0, 0.05) is 24.3 Å². The number of hydrogen-bond acceptors (Lipinski definition) is 3. The number of alkyl halides is 1. The Morgan fingerprint density at radius 3 is 2.57 bits per heavy atom. The van der Waals surface area contributed by atoms with Crippen molar-refractivity contribution >= 4 is 11.6 Å². The summed E-state index contributed by atoms with van der Waals surface area (Å²) in [6.45, 7) is 5.69. The zero-order chi connectivity index (χ0) is 10.4. The fourth-order valence-electron chi connectivity index (χ4n) is 0.979. The quantitative estimate of drug-likeness (QED) is 0.759. The van der Waals surface area contributed by atoms with E-state index in [4.69, 9.17) is 11.6 Å². The minimum absolute atomic E-state index is 0.165. The summed E-state index contributed by atoms with van der Waals surface area (Å²) in [5.41, 5.74) is 0. The molecular formula is C10H16ClN3. The van der Waals surface area contributed by atoms with Gasteiger partial charge in [-0.15, -0.1) is 11.6 Å². The van der Waals surface area contributed by atoms with Crippen molar-refractivity contribution in [3.63, 3.8) is 0 Å². The van der Waals surface area contributed by atoms with E-state index in [1.807, 2.05) is 6.07 Å². The minimum Gasteiger partial charge on any atom is -0.308 e. The Kier molecular flexibility index (Phi) is 4.84. The molecule has 0 aliphatic heterocycles. The molecule has 1 unspecified atom stereocenters. The Bertz CT molecular complexity index is 251. The zero-order valence-corrected chi connectivity index (χ0v) is 9.33. The highest BCUT2D eigenvalue weighted by Crippen LogP contribution is 2.07. The molecule has 0 fully saturated rings. The Hall–Kier alpha value is -0.670. The standard InChI is InChI=1S/C10H16ClN3/c1-8(2)9(11)6-12-7-10-13-4-3-5-14-10/h3-5,8-9,12H,6-7H2,1-2H3. The molecule has 0 aliphatic carbocycles. The van der Waals surface area contributed by atoms with Crippen LogP contribution in [0.15, 0.2) is 18.5 Å². The normalized spacial score (nSPS) is 13.1. The van der Waals surface area contributed by atoms with Crippen molar-refractivity contribution in [2.45, 2.75) is 25.8 Å². The molecule has 0 aromatic carbocycles. The number of nitrogens with one attached hydrogen (secondary N) is 1. The molecule has 0 aliphatic rings. The predicted molar refractivity (Wildman–Crippen MR) is 58.2 cm³/mol. The number of nitrogens with zero attached hydrogens (tertiary/aromatic N) is 2. The second-order valence-electron chi connectivity index (χ2n) is 3.56. The third-order valence-electron chi connectivity index (χ3n) is 1.97. The number of rotatable bonds is 5. The SMILES string of the molecule is CC(C)C(Cl)CNCc1ncccn1. The first-order valence-corrected chi connectivity index (χ1v) is 5.24. The lowest BCUT2D eigenvalue weighted by Crippen LogP contribution is -2.26. The lowest BCUT2D eigenvalue weighted by Gasteiger charge is -2.13. The third-order valence-corrected chi connectivity index (χ3v) is 2.62. The van der Waals surface area contributed by atoms with Crippen LogP contribution in [0.1, 0.15) is 19.7 Å². The molecule has 1 atom stereocenters. The van der Waals surface area contributed by atoms with Gasteiger partial charge in [0.2, 0.25) is 0 Å². The van der Waals surface area contributed by atoms with Crippen molar-refractivity contribution in [1.82, 2.24) is 15.3 Å². The largest absolute Gasteiger partial charge is 0.308 e. The van der Waals surface area contributed by atoms with Gasteiger partial charge in [-0.25, -0.2) is 9.97 Å². The maximum atomic E-state index is 6.08. The van der Waals surface area contributed by atoms with E-state index >= 15 is 0 Å². The molecule has 1 aromatic rings. The van der Waals surface area contributed by atoms with Crippen molar-refractivity contribution < 1.29 is 0 Å². The van der Waals surface area contributed by atoms with E-state index in [-0.39, 0.29) is 5.38 Å². The molecular weight excluding hydrogens is 198 g/mol. The van der Waals surface area contributed by atoms with Gasteiger partial charge in [-0.05, 0) is 12.0 Å². The molecule has 0 radical (unpaired) electrons. The molecule has 14 heavy (non-hydrogen) atoms. The minimum atomic E-state index is 0.165. The average Bonchev–Trinajstić information content (AvgIpc) is 2.19. The first-order chi connectivity index (χ1) is 6.70. The molecule has 0 spiro atoms. The first kappa shape index (κ1) is 11.4. The summed E-state index contributed by atoms with van der Waals surface area (Å²) in [4.78, 5) is 8.21. The zero-order valence-electron chi connectivity index (χ0n) is 8.57. The van der Waals surface area contributed by atoms with Crippen LogP contribution in [0, 0.1) is 5.92 Å². The van der Waals surface area contributed by atoms with E-state index in [0.29, 0.717) is 12.5 Å². The van der Waals surface area contributed by atoms with Gasteiger partial charge in [0.05, 0.1) is 6.54 Å². The molecule has 1 heterocycles. The van der Waals surface area contributed by atoms with Crippen LogP contribution in [-0.2, 0) is 6.54 Å². The average molecular weight is 214 g/mol. The summed E-state index contributed by atoms with van der Waals surface area (Å²) in [7, 11) is 0. The van der Waals surface area contributed by atoms with Crippen LogP contribution < -0.4 is 5.32 Å². The van der Waals surface area contributed by atoms with Crippen molar-refractivity contribution in [2.75, 3.05) is 6.54 Å². The molecule has 4 heteroatoms. The highest BCUT2D eigenvalue weighted by molar-refractivity contribution is 6.20. The van der Waals surface area contributed by atoms with Crippen molar-refractivity contribution in [1.29, 1.82) is 0 Å². The molecule has 1 N–H and O–H groups in total. The lowest BCUT2D eigenvalue weighted by molar-refractivity contribution is 0.539. The van der Waals surface area contributed by atoms with Gasteiger partial charge in [-0.1, -0.05) is 13.8 Å². The Morgan fingerprint density at radius 1 is 1.36 bits per heavy atom. The van der Waals surface area contributed by atoms with Gasteiger partial charge in [0.1, 0.15) is 5.82 Å². The Labute approximate surface area is 89.9 Å². The van der Waals surface area contributed by atoms with E-state index < -0.39 is 0 Å². The third kappa shape index (κ3) is 4.03. The number of aromatic nitrogens is 2. The topological polar surface area (TPSA) is 37.8 Å². The number of hydrogen-bond donors (Lipinski definition) is 1. The van der Waals surface area contributed by atoms with Gasteiger partial charge >= 0.3 is 0 Å². The Morgan fingerprint density at radius 2 is 2.00 bits per heavy atom. The van der Waals surface area contributed by atoms with Gasteiger partial charge < -0.3 is 5.32 Å². The van der Waals surface area contributed by atoms with Gasteiger partial charge in [0.25, 0.3) is 0 Å². The smallest absolute Gasteiger partial charge is 0.141 e. The summed E-state index contributed by atoms with van der Waals surface area (Å²) in [5, 5.41) is 3.39. The second-order valence-corrected chi connectivity index (χ2v) is 4.12. The van der Waals surface area contributed by atoms with Crippen LogP contribution in [0.5, 0.6) is 0 Å². The molecule has 0 saturated carbocycles. The molecule has 0 bridgehead atoms. The predicted octanol–water partition coefficient (Wildman–Crippen LogP) is 1.83. The van der Waals surface area contributed by atoms with Crippen LogP contribution >= 0.6 is 11.6 Å². The van der Waals surface area contributed by atoms with E-state index in [9.17, 15) is 0 Å². The molecule has 3 nitrogen and oxygen atoms in total. The lowest BCUT2D eigenvalue weighted by atomic mass is 10.1. The van der Waals surface area contributed by atoms with E-state index in [1.54, 1.807) is 12.4 Å². The fraction of sp³-hybridized carbons (Fsp3) is 0.600. The molecule has 1 aromatic heterocycles. The molecule has 0 saturated heterocycles. The van der Waals surface area contributed by atoms with E-state index in [1.165, 1.54) is 0 Å². The monoisotopic (exact) mass is 213 g/mol. The van der Waals surface area contributed by atoms with Crippen molar-refractivity contribution in [3.05, 3.63) is 24.3 Å². The van der Waals surface area contributed by atoms with Crippen molar-refractivity contribution in [3.8, 4) is 0 Å². The summed E-state index contributed by atoms with van der Waals surface area (Å²) < 4.78 is 0. The first-order valence-electron chi connectivity index (χ1n) is 4.81. The van der Waals surface area contributed by atoms with E-state index in [0.717, 1.165) is 12.4 Å². The number of halogens is 1. The maximum absolute atomic E-state index is 6.08. The molecule has 0 amide bonds. The van der Waals surface area contributed by atoms with Gasteiger partial charge in [-0.2, -0.15) is 0 Å². The summed E-state index contributed by atoms with van der Waals surface area (Å²) in [5.74, 6) is 1.29. The van der Waals surface area contributed by atoms with Crippen LogP contribution in [0.3, 0.4) is 0 Å². The fourth-order valence-corrected chi connectivity index (χ4v) is 1.09. The highest BCUT2D eigenvalue weighted by Gasteiger charge is 2.08. The summed E-state index contributed by atoms with van der Waals surface area (Å²) in [6, 6.07) is 1.81. The van der Waals surface area contributed by atoms with E-state index in [2.05, 4.69) is 29.1 Å². The molecule has 78 valence electrons. The van der Waals surface area contributed by atoms with Gasteiger partial charge in [0.15, 0.2) is 0 Å². The highest BCUT2D eigenvalue weighted by atomic mass is 35.5. The summed E-state index contributed by atoms with van der Waals surface area (Å²) in [6.07, 6.45) is 3.48. The summed E-state index contributed by atoms with van der Waals surface area (Å²) >= 11 is 6.08. The van der Waals surface area contributed by atoms with Crippen LogP contribution in [0.4, 0.5) is 0 Å². The molecule has 1 rings (SSSR count). The van der Waals surface area contributed by atoms with Crippen LogP contribution in [-0.4, -0.2) is 21.9 Å².